The molecule has 0 N–H and O–H groups in total. The molecule has 0 saturated heterocycles. The number of carbonyl (C=O) groups is 1. The molecule has 12 heavy (non-hydrogen) atoms. The van der Waals surface area contributed by atoms with E-state index in [9.17, 15) is 4.79 Å². The number of hydrogen-bond donors (Lipinski definition) is 0. The highest BCUT2D eigenvalue weighted by Gasteiger charge is 2.17. The van der Waals surface area contributed by atoms with Gasteiger partial charge in [0, 0.05) is 7.05 Å². The minimum absolute atomic E-state index is 0.274. The van der Waals surface area contributed by atoms with Crippen molar-refractivity contribution in [1.29, 1.82) is 0 Å². The van der Waals surface area contributed by atoms with E-state index in [0.29, 0.717) is 5.69 Å². The zero-order valence-electron chi connectivity index (χ0n) is 7.07. The molecule has 0 aliphatic rings. The van der Waals surface area contributed by atoms with Crippen molar-refractivity contribution in [3.8, 4) is 0 Å². The van der Waals surface area contributed by atoms with Crippen LogP contribution < -0.4 is 0 Å². The molecule has 0 unspecified atom stereocenters. The van der Waals surface area contributed by atoms with Gasteiger partial charge in [0.15, 0.2) is 5.69 Å². The van der Waals surface area contributed by atoms with Gasteiger partial charge < -0.3 is 0 Å². The van der Waals surface area contributed by atoms with Crippen LogP contribution in [0.5, 0.6) is 0 Å². The predicted molar refractivity (Wildman–Crippen MR) is 43.7 cm³/mol. The van der Waals surface area contributed by atoms with Gasteiger partial charge in [-0.1, -0.05) is 4.49 Å². The Balaban J connectivity index is 2.85. The van der Waals surface area contributed by atoms with Gasteiger partial charge in [-0.3, -0.25) is 9.63 Å². The van der Waals surface area contributed by atoms with Crippen molar-refractivity contribution in [1.82, 2.24) is 14.7 Å². The summed E-state index contributed by atoms with van der Waals surface area (Å²) in [6.45, 7) is 1.79. The first kappa shape index (κ1) is 9.08. The van der Waals surface area contributed by atoms with Crippen LogP contribution in [-0.2, 0) is 4.84 Å². The molecule has 0 fully saturated rings. The minimum atomic E-state index is -0.274. The van der Waals surface area contributed by atoms with Gasteiger partial charge >= 0.3 is 0 Å². The molecule has 0 radical (unpaired) electrons. The van der Waals surface area contributed by atoms with Gasteiger partial charge in [-0.25, -0.2) is 5.06 Å². The van der Waals surface area contributed by atoms with Crippen LogP contribution in [0.1, 0.15) is 15.4 Å². The Hall–Kier alpha value is -1.01. The molecule has 0 atom stereocenters. The van der Waals surface area contributed by atoms with Crippen LogP contribution in [0.2, 0.25) is 0 Å². The Morgan fingerprint density at radius 1 is 1.67 bits per heavy atom. The van der Waals surface area contributed by atoms with Gasteiger partial charge in [-0.05, 0) is 18.5 Å². The van der Waals surface area contributed by atoms with E-state index in [1.54, 1.807) is 6.92 Å². The molecule has 6 heteroatoms. The van der Waals surface area contributed by atoms with Gasteiger partial charge in [-0.15, -0.1) is 5.10 Å². The average Bonchev–Trinajstić information content (AvgIpc) is 2.48. The van der Waals surface area contributed by atoms with Crippen molar-refractivity contribution in [2.24, 2.45) is 0 Å². The molecule has 1 amide bonds. The van der Waals surface area contributed by atoms with Crippen LogP contribution in [0, 0.1) is 6.92 Å². The third kappa shape index (κ3) is 1.59. The summed E-state index contributed by atoms with van der Waals surface area (Å²) in [7, 11) is 2.95. The summed E-state index contributed by atoms with van der Waals surface area (Å²) >= 11 is 1.20. The highest BCUT2D eigenvalue weighted by Crippen LogP contribution is 2.09. The zero-order chi connectivity index (χ0) is 9.14. The van der Waals surface area contributed by atoms with Gasteiger partial charge in [0.05, 0.1) is 12.0 Å². The van der Waals surface area contributed by atoms with Crippen LogP contribution in [0.4, 0.5) is 0 Å². The van der Waals surface area contributed by atoms with Crippen molar-refractivity contribution >= 4 is 17.4 Å². The number of hydroxylamine groups is 2. The summed E-state index contributed by atoms with van der Waals surface area (Å²) in [5.74, 6) is -0.274. The Morgan fingerprint density at radius 3 is 2.75 bits per heavy atom. The molecule has 0 saturated carbocycles. The van der Waals surface area contributed by atoms with E-state index in [-0.39, 0.29) is 5.91 Å². The van der Waals surface area contributed by atoms with E-state index in [1.165, 1.54) is 25.7 Å². The topological polar surface area (TPSA) is 55.3 Å². The van der Waals surface area contributed by atoms with Gasteiger partial charge in [0.2, 0.25) is 0 Å². The van der Waals surface area contributed by atoms with Crippen LogP contribution in [0.25, 0.3) is 0 Å². The standard InChI is InChI=1S/C6H9N3O2S/c1-4-5(7-8-12-4)6(10)9(2)11-3/h1-3H3. The molecular weight excluding hydrogens is 178 g/mol. The predicted octanol–water partition coefficient (Wildman–Crippen LogP) is 0.480. The lowest BCUT2D eigenvalue weighted by atomic mass is 10.4. The van der Waals surface area contributed by atoms with E-state index >= 15 is 0 Å². The Morgan fingerprint density at radius 2 is 2.33 bits per heavy atom. The lowest BCUT2D eigenvalue weighted by Crippen LogP contribution is -2.26. The van der Waals surface area contributed by atoms with Crippen molar-refractivity contribution in [2.45, 2.75) is 6.92 Å². The van der Waals surface area contributed by atoms with E-state index in [2.05, 4.69) is 9.59 Å². The molecule has 0 aromatic carbocycles. The second kappa shape index (κ2) is 3.59. The molecule has 1 aromatic heterocycles. The molecule has 0 spiro atoms. The second-order valence-electron chi connectivity index (χ2n) is 2.16. The van der Waals surface area contributed by atoms with Crippen LogP contribution in [0.3, 0.4) is 0 Å². The Bertz CT molecular complexity index is 286. The number of aryl methyl sites for hydroxylation is 1. The maximum absolute atomic E-state index is 11.4. The largest absolute Gasteiger partial charge is 0.298 e. The first-order chi connectivity index (χ1) is 5.66. The number of amides is 1. The summed E-state index contributed by atoms with van der Waals surface area (Å²) in [6.07, 6.45) is 0. The molecule has 0 aliphatic carbocycles. The van der Waals surface area contributed by atoms with Gasteiger partial charge in [-0.2, -0.15) is 0 Å². The molecular formula is C6H9N3O2S. The lowest BCUT2D eigenvalue weighted by Gasteiger charge is -2.11. The molecule has 1 rings (SSSR count). The Kier molecular flexibility index (Phi) is 2.72. The van der Waals surface area contributed by atoms with Crippen molar-refractivity contribution in [2.75, 3.05) is 14.2 Å². The summed E-state index contributed by atoms with van der Waals surface area (Å²) in [4.78, 5) is 16.9. The van der Waals surface area contributed by atoms with E-state index in [1.807, 2.05) is 0 Å². The maximum atomic E-state index is 11.4. The van der Waals surface area contributed by atoms with E-state index in [4.69, 9.17) is 4.84 Å². The van der Waals surface area contributed by atoms with Crippen LogP contribution >= 0.6 is 11.5 Å². The summed E-state index contributed by atoms with van der Waals surface area (Å²) < 4.78 is 3.65. The number of aromatic nitrogens is 2. The molecule has 5 nitrogen and oxygen atoms in total. The normalized spacial score (nSPS) is 9.92. The summed E-state index contributed by atoms with van der Waals surface area (Å²) in [5.41, 5.74) is 0.351. The number of nitrogens with zero attached hydrogens (tertiary/aromatic N) is 3. The maximum Gasteiger partial charge on any atom is 0.298 e. The van der Waals surface area contributed by atoms with Crippen LogP contribution in [-0.4, -0.2) is 34.7 Å². The van der Waals surface area contributed by atoms with Gasteiger partial charge in [0.1, 0.15) is 0 Å². The molecule has 1 aromatic rings. The molecule has 66 valence electrons. The Labute approximate surface area is 74.1 Å². The molecule has 1 heterocycles. The van der Waals surface area contributed by atoms with Crippen LogP contribution in [0.15, 0.2) is 0 Å². The zero-order valence-corrected chi connectivity index (χ0v) is 7.88. The fourth-order valence-electron chi connectivity index (χ4n) is 0.662. The van der Waals surface area contributed by atoms with Crippen molar-refractivity contribution in [3.63, 3.8) is 0 Å². The summed E-state index contributed by atoms with van der Waals surface area (Å²) in [6, 6.07) is 0. The first-order valence-corrected chi connectivity index (χ1v) is 4.05. The van der Waals surface area contributed by atoms with Gasteiger partial charge in [0.25, 0.3) is 5.91 Å². The highest BCUT2D eigenvalue weighted by atomic mass is 32.1. The molecule has 0 bridgehead atoms. The SMILES string of the molecule is CON(C)C(=O)c1nnsc1C. The number of hydrogen-bond acceptors (Lipinski definition) is 5. The third-order valence-corrected chi connectivity index (χ3v) is 2.05. The van der Waals surface area contributed by atoms with Crippen molar-refractivity contribution < 1.29 is 9.63 Å². The minimum Gasteiger partial charge on any atom is -0.274 e. The smallest absolute Gasteiger partial charge is 0.274 e. The molecule has 0 aliphatic heterocycles. The second-order valence-corrected chi connectivity index (χ2v) is 3.12. The highest BCUT2D eigenvalue weighted by molar-refractivity contribution is 7.05. The lowest BCUT2D eigenvalue weighted by molar-refractivity contribution is -0.0760. The quantitative estimate of drug-likeness (QED) is 0.632. The van der Waals surface area contributed by atoms with Crippen molar-refractivity contribution in [3.05, 3.63) is 10.6 Å². The third-order valence-electron chi connectivity index (χ3n) is 1.41. The number of carbonyl (C=O) groups excluding carboxylic acids is 1. The first-order valence-electron chi connectivity index (χ1n) is 3.28. The fraction of sp³-hybridized carbons (Fsp3) is 0.500. The monoisotopic (exact) mass is 187 g/mol. The van der Waals surface area contributed by atoms with E-state index < -0.39 is 0 Å². The average molecular weight is 187 g/mol. The van der Waals surface area contributed by atoms with E-state index in [0.717, 1.165) is 9.94 Å². The summed E-state index contributed by atoms with van der Waals surface area (Å²) in [5, 5.41) is 4.80. The number of rotatable bonds is 2. The fourth-order valence-corrected chi connectivity index (χ4v) is 1.12.